The van der Waals surface area contributed by atoms with Gasteiger partial charge in [-0.1, -0.05) is 19.9 Å². The van der Waals surface area contributed by atoms with Crippen molar-refractivity contribution in [3.63, 3.8) is 0 Å². The molecule has 6 heteroatoms. The van der Waals surface area contributed by atoms with Crippen molar-refractivity contribution in [2.75, 3.05) is 27.7 Å². The van der Waals surface area contributed by atoms with Gasteiger partial charge in [-0.15, -0.1) is 35.3 Å². The van der Waals surface area contributed by atoms with Crippen LogP contribution in [0, 0.1) is 5.92 Å². The van der Waals surface area contributed by atoms with E-state index in [1.54, 1.807) is 11.3 Å². The lowest BCUT2D eigenvalue weighted by molar-refractivity contribution is 0.302. The van der Waals surface area contributed by atoms with Gasteiger partial charge in [0.05, 0.1) is 6.04 Å². The minimum absolute atomic E-state index is 0. The fourth-order valence-electron chi connectivity index (χ4n) is 1.79. The molecule has 2 N–H and O–H groups in total. The molecule has 4 nitrogen and oxygen atoms in total. The van der Waals surface area contributed by atoms with Crippen molar-refractivity contribution >= 4 is 41.3 Å². The Morgan fingerprint density at radius 1 is 1.33 bits per heavy atom. The Labute approximate surface area is 150 Å². The smallest absolute Gasteiger partial charge is 0.191 e. The summed E-state index contributed by atoms with van der Waals surface area (Å²) in [4.78, 5) is 7.91. The molecule has 1 heterocycles. The van der Waals surface area contributed by atoms with E-state index in [0.717, 1.165) is 12.5 Å². The second kappa shape index (κ2) is 10.4. The Bertz CT molecular complexity index is 404. The Kier molecular flexibility index (Phi) is 10.2. The summed E-state index contributed by atoms with van der Waals surface area (Å²) in [5.41, 5.74) is 0. The lowest BCUT2D eigenvalue weighted by Gasteiger charge is -2.26. The third-order valence-electron chi connectivity index (χ3n) is 3.55. The van der Waals surface area contributed by atoms with E-state index in [2.05, 4.69) is 72.9 Å². The molecule has 122 valence electrons. The molecule has 21 heavy (non-hydrogen) atoms. The van der Waals surface area contributed by atoms with Crippen LogP contribution in [0.15, 0.2) is 22.5 Å². The predicted octanol–water partition coefficient (Wildman–Crippen LogP) is 3.18. The van der Waals surface area contributed by atoms with Crippen LogP contribution in [0.2, 0.25) is 0 Å². The van der Waals surface area contributed by atoms with Crippen LogP contribution in [0.1, 0.15) is 31.7 Å². The lowest BCUT2D eigenvalue weighted by atomic mass is 10.1. The summed E-state index contributed by atoms with van der Waals surface area (Å²) < 4.78 is 0. The molecule has 1 aromatic heterocycles. The highest BCUT2D eigenvalue weighted by molar-refractivity contribution is 14.0. The van der Waals surface area contributed by atoms with Crippen molar-refractivity contribution in [2.24, 2.45) is 10.9 Å². The van der Waals surface area contributed by atoms with Crippen LogP contribution in [-0.4, -0.2) is 44.6 Å². The second-order valence-corrected chi connectivity index (χ2v) is 6.60. The first kappa shape index (κ1) is 20.7. The van der Waals surface area contributed by atoms with E-state index in [9.17, 15) is 0 Å². The van der Waals surface area contributed by atoms with Gasteiger partial charge in [0.1, 0.15) is 0 Å². The molecule has 0 aliphatic rings. The average molecular weight is 424 g/mol. The first-order chi connectivity index (χ1) is 9.45. The van der Waals surface area contributed by atoms with Crippen LogP contribution in [0.3, 0.4) is 0 Å². The van der Waals surface area contributed by atoms with E-state index >= 15 is 0 Å². The zero-order chi connectivity index (χ0) is 15.1. The zero-order valence-corrected chi connectivity index (χ0v) is 17.0. The topological polar surface area (TPSA) is 39.7 Å². The Balaban J connectivity index is 0.00000400. The largest absolute Gasteiger partial charge is 0.354 e. The van der Waals surface area contributed by atoms with Gasteiger partial charge < -0.3 is 15.5 Å². The number of aliphatic imine (C=N–C) groups is 1. The summed E-state index contributed by atoms with van der Waals surface area (Å²) in [5, 5.41) is 8.98. The summed E-state index contributed by atoms with van der Waals surface area (Å²) in [6.07, 6.45) is 0. The van der Waals surface area contributed by atoms with Crippen molar-refractivity contribution in [1.29, 1.82) is 0 Å². The molecular formula is C15H29IN4S. The molecule has 0 aliphatic carbocycles. The molecule has 0 fully saturated rings. The Morgan fingerprint density at radius 2 is 2.00 bits per heavy atom. The summed E-state index contributed by atoms with van der Waals surface area (Å²) in [6, 6.07) is 5.05. The molecule has 0 bridgehead atoms. The van der Waals surface area contributed by atoms with Crippen LogP contribution in [0.25, 0.3) is 0 Å². The second-order valence-electron chi connectivity index (χ2n) is 5.62. The average Bonchev–Trinajstić information content (AvgIpc) is 2.90. The third kappa shape index (κ3) is 6.97. The Morgan fingerprint density at radius 3 is 2.43 bits per heavy atom. The molecule has 1 rings (SSSR count). The fourth-order valence-corrected chi connectivity index (χ4v) is 2.71. The van der Waals surface area contributed by atoms with E-state index in [-0.39, 0.29) is 24.0 Å². The van der Waals surface area contributed by atoms with Gasteiger partial charge in [-0.2, -0.15) is 0 Å². The van der Waals surface area contributed by atoms with Crippen LogP contribution in [-0.2, 0) is 0 Å². The first-order valence-electron chi connectivity index (χ1n) is 7.12. The highest BCUT2D eigenvalue weighted by Crippen LogP contribution is 2.22. The van der Waals surface area contributed by atoms with Crippen LogP contribution >= 0.6 is 35.3 Å². The fraction of sp³-hybridized carbons (Fsp3) is 0.667. The highest BCUT2D eigenvalue weighted by Gasteiger charge is 2.16. The molecule has 0 spiro atoms. The monoisotopic (exact) mass is 424 g/mol. The van der Waals surface area contributed by atoms with E-state index in [0.29, 0.717) is 18.0 Å². The van der Waals surface area contributed by atoms with Crippen molar-refractivity contribution in [1.82, 2.24) is 15.5 Å². The van der Waals surface area contributed by atoms with Gasteiger partial charge in [-0.05, 0) is 38.4 Å². The maximum absolute atomic E-state index is 4.30. The SMILES string of the molecule is CN=C(NCC(c1cccs1)N(C)C)NC(C)C(C)C.I. The molecule has 0 radical (unpaired) electrons. The molecule has 1 aromatic rings. The summed E-state index contributed by atoms with van der Waals surface area (Å²) in [6.45, 7) is 7.44. The number of thiophene rings is 1. The van der Waals surface area contributed by atoms with Crippen LogP contribution in [0.4, 0.5) is 0 Å². The number of rotatable bonds is 6. The van der Waals surface area contributed by atoms with Crippen LogP contribution in [0.5, 0.6) is 0 Å². The molecule has 2 atom stereocenters. The van der Waals surface area contributed by atoms with Gasteiger partial charge in [-0.3, -0.25) is 4.99 Å². The number of guanidine groups is 1. The van der Waals surface area contributed by atoms with E-state index in [1.807, 2.05) is 7.05 Å². The standard InChI is InChI=1S/C15H28N4S.HI/c1-11(2)12(3)18-15(16-4)17-10-13(19(5)6)14-8-7-9-20-14;/h7-9,11-13H,10H2,1-6H3,(H2,16,17,18);1H. The molecule has 0 saturated heterocycles. The summed E-state index contributed by atoms with van der Waals surface area (Å²) >= 11 is 1.80. The van der Waals surface area contributed by atoms with E-state index in [4.69, 9.17) is 0 Å². The maximum Gasteiger partial charge on any atom is 0.191 e. The van der Waals surface area contributed by atoms with Gasteiger partial charge in [0.15, 0.2) is 5.96 Å². The normalized spacial score (nSPS) is 14.8. The number of likely N-dealkylation sites (N-methyl/N-ethyl adjacent to an activating group) is 1. The number of hydrogen-bond acceptors (Lipinski definition) is 3. The minimum Gasteiger partial charge on any atom is -0.354 e. The van der Waals surface area contributed by atoms with Gasteiger partial charge in [0.2, 0.25) is 0 Å². The number of hydrogen-bond donors (Lipinski definition) is 2. The maximum atomic E-state index is 4.30. The molecule has 0 aromatic carbocycles. The van der Waals surface area contributed by atoms with Crippen LogP contribution < -0.4 is 10.6 Å². The Hall–Kier alpha value is -0.340. The van der Waals surface area contributed by atoms with Crippen molar-refractivity contribution in [2.45, 2.75) is 32.9 Å². The lowest BCUT2D eigenvalue weighted by Crippen LogP contribution is -2.46. The quantitative estimate of drug-likeness (QED) is 0.419. The molecule has 2 unspecified atom stereocenters. The minimum atomic E-state index is 0. The van der Waals surface area contributed by atoms with E-state index in [1.165, 1.54) is 4.88 Å². The van der Waals surface area contributed by atoms with Crippen molar-refractivity contribution in [3.8, 4) is 0 Å². The molecule has 0 saturated carbocycles. The third-order valence-corrected chi connectivity index (χ3v) is 4.52. The van der Waals surface area contributed by atoms with Gasteiger partial charge in [0.25, 0.3) is 0 Å². The summed E-state index contributed by atoms with van der Waals surface area (Å²) in [5.74, 6) is 1.45. The predicted molar refractivity (Wildman–Crippen MR) is 105 cm³/mol. The summed E-state index contributed by atoms with van der Waals surface area (Å²) in [7, 11) is 6.04. The number of nitrogens with zero attached hydrogens (tertiary/aromatic N) is 2. The molecule has 0 aliphatic heterocycles. The first-order valence-corrected chi connectivity index (χ1v) is 8.00. The number of halogens is 1. The zero-order valence-electron chi connectivity index (χ0n) is 13.9. The van der Waals surface area contributed by atoms with Gasteiger partial charge >= 0.3 is 0 Å². The number of nitrogens with one attached hydrogen (secondary N) is 2. The van der Waals surface area contributed by atoms with Crippen molar-refractivity contribution < 1.29 is 0 Å². The molecule has 0 amide bonds. The van der Waals surface area contributed by atoms with Crippen molar-refractivity contribution in [3.05, 3.63) is 22.4 Å². The van der Waals surface area contributed by atoms with Gasteiger partial charge in [0, 0.05) is 24.5 Å². The van der Waals surface area contributed by atoms with Gasteiger partial charge in [-0.25, -0.2) is 0 Å². The van der Waals surface area contributed by atoms with E-state index < -0.39 is 0 Å². The highest BCUT2D eigenvalue weighted by atomic mass is 127. The molecular weight excluding hydrogens is 395 g/mol.